The van der Waals surface area contributed by atoms with E-state index in [1.165, 1.54) is 0 Å². The molecule has 6 nitrogen and oxygen atoms in total. The summed E-state index contributed by atoms with van der Waals surface area (Å²) in [4.78, 5) is 12.2. The lowest BCUT2D eigenvalue weighted by Gasteiger charge is -2.20. The highest BCUT2D eigenvalue weighted by atomic mass is 35.5. The molecule has 0 spiro atoms. The maximum absolute atomic E-state index is 12.2. The topological polar surface area (TPSA) is 93.8 Å². The number of ether oxygens (including phenoxy) is 2. The minimum Gasteiger partial charge on any atom is -0.388 e. The summed E-state index contributed by atoms with van der Waals surface area (Å²) < 4.78 is 10.9. The Kier molecular flexibility index (Phi) is 5.77. The van der Waals surface area contributed by atoms with Gasteiger partial charge in [0.1, 0.15) is 18.3 Å². The van der Waals surface area contributed by atoms with Crippen LogP contribution >= 0.6 is 12.4 Å². The molecule has 5 atom stereocenters. The Morgan fingerprint density at radius 1 is 1.27 bits per heavy atom. The predicted octanol–water partition coefficient (Wildman–Crippen LogP) is -0.378. The minimum atomic E-state index is -0.616. The van der Waals surface area contributed by atoms with E-state index in [1.807, 2.05) is 30.3 Å². The van der Waals surface area contributed by atoms with Crippen LogP contribution in [-0.2, 0) is 20.7 Å². The van der Waals surface area contributed by atoms with Crippen molar-refractivity contribution in [2.75, 3.05) is 13.2 Å². The van der Waals surface area contributed by atoms with Crippen molar-refractivity contribution in [3.63, 3.8) is 0 Å². The number of benzene rings is 1. The largest absolute Gasteiger partial charge is 0.388 e. The van der Waals surface area contributed by atoms with Gasteiger partial charge in [-0.1, -0.05) is 30.3 Å². The molecule has 2 saturated heterocycles. The second kappa shape index (κ2) is 7.39. The van der Waals surface area contributed by atoms with Crippen LogP contribution in [0.3, 0.4) is 0 Å². The quantitative estimate of drug-likeness (QED) is 0.700. The van der Waals surface area contributed by atoms with Crippen molar-refractivity contribution >= 4 is 18.3 Å². The molecule has 2 aliphatic rings. The summed E-state index contributed by atoms with van der Waals surface area (Å²) in [6, 6.07) is 8.79. The van der Waals surface area contributed by atoms with Gasteiger partial charge in [0.15, 0.2) is 0 Å². The van der Waals surface area contributed by atoms with E-state index in [0.29, 0.717) is 13.0 Å². The van der Waals surface area contributed by atoms with Gasteiger partial charge in [0, 0.05) is 0 Å². The first kappa shape index (κ1) is 17.2. The van der Waals surface area contributed by atoms with Crippen molar-refractivity contribution in [2.24, 2.45) is 5.73 Å². The van der Waals surface area contributed by atoms with Crippen LogP contribution in [0.4, 0.5) is 0 Å². The summed E-state index contributed by atoms with van der Waals surface area (Å²) in [5.41, 5.74) is 6.97. The number of hydrogen-bond acceptors (Lipinski definition) is 5. The zero-order valence-corrected chi connectivity index (χ0v) is 12.9. The van der Waals surface area contributed by atoms with Crippen LogP contribution in [0.15, 0.2) is 30.3 Å². The van der Waals surface area contributed by atoms with Gasteiger partial charge in [0.25, 0.3) is 0 Å². The third kappa shape index (κ3) is 3.59. The van der Waals surface area contributed by atoms with Gasteiger partial charge >= 0.3 is 0 Å². The zero-order chi connectivity index (χ0) is 14.8. The normalized spacial score (nSPS) is 31.2. The van der Waals surface area contributed by atoms with E-state index >= 15 is 0 Å². The molecule has 1 aromatic carbocycles. The Morgan fingerprint density at radius 2 is 1.95 bits per heavy atom. The number of hydrogen-bond donors (Lipinski definition) is 3. The molecule has 1 amide bonds. The van der Waals surface area contributed by atoms with Gasteiger partial charge < -0.3 is 25.6 Å². The second-order valence-electron chi connectivity index (χ2n) is 5.57. The van der Waals surface area contributed by atoms with Crippen LogP contribution in [0, 0.1) is 0 Å². The van der Waals surface area contributed by atoms with Crippen molar-refractivity contribution in [1.82, 2.24) is 5.32 Å². The van der Waals surface area contributed by atoms with Crippen LogP contribution in [0.2, 0.25) is 0 Å². The summed E-state index contributed by atoms with van der Waals surface area (Å²) in [5, 5.41) is 12.5. The van der Waals surface area contributed by atoms with Gasteiger partial charge in [0.2, 0.25) is 5.91 Å². The number of aliphatic hydroxyl groups excluding tert-OH is 1. The maximum Gasteiger partial charge on any atom is 0.237 e. The monoisotopic (exact) mass is 328 g/mol. The van der Waals surface area contributed by atoms with Gasteiger partial charge in [-0.15, -0.1) is 12.4 Å². The minimum absolute atomic E-state index is 0. The average molecular weight is 329 g/mol. The predicted molar refractivity (Wildman–Crippen MR) is 82.8 cm³/mol. The molecule has 0 radical (unpaired) electrons. The molecule has 2 heterocycles. The number of nitrogens with one attached hydrogen (secondary N) is 1. The van der Waals surface area contributed by atoms with E-state index in [1.54, 1.807) is 0 Å². The van der Waals surface area contributed by atoms with Crippen molar-refractivity contribution in [3.05, 3.63) is 35.9 Å². The molecule has 0 aromatic heterocycles. The summed E-state index contributed by atoms with van der Waals surface area (Å²) in [5.74, 6) is -0.224. The molecule has 2 fully saturated rings. The average Bonchev–Trinajstić information content (AvgIpc) is 3.04. The van der Waals surface area contributed by atoms with E-state index in [2.05, 4.69) is 5.32 Å². The van der Waals surface area contributed by atoms with Crippen molar-refractivity contribution in [2.45, 2.75) is 36.8 Å². The van der Waals surface area contributed by atoms with Gasteiger partial charge in [0.05, 0.1) is 25.3 Å². The van der Waals surface area contributed by atoms with Crippen LogP contribution in [0.5, 0.6) is 0 Å². The van der Waals surface area contributed by atoms with Crippen LogP contribution in [0.1, 0.15) is 5.56 Å². The van der Waals surface area contributed by atoms with E-state index in [9.17, 15) is 9.90 Å². The summed E-state index contributed by atoms with van der Waals surface area (Å²) in [6.07, 6.45) is -0.763. The number of amides is 1. The fourth-order valence-electron chi connectivity index (χ4n) is 2.85. The smallest absolute Gasteiger partial charge is 0.237 e. The number of carbonyl (C=O) groups excluding carboxylic acids is 1. The highest BCUT2D eigenvalue weighted by Gasteiger charge is 2.47. The van der Waals surface area contributed by atoms with Gasteiger partial charge in [-0.3, -0.25) is 4.79 Å². The SMILES string of the molecule is Cl.N[C@H](Cc1ccccc1)C(=O)N[C@@H]1CO[C@H]2[C@@H]1OC[C@H]2O. The number of nitrogens with two attached hydrogens (primary N) is 1. The Hall–Kier alpha value is -1.18. The molecule has 7 heteroatoms. The van der Waals surface area contributed by atoms with E-state index in [-0.39, 0.29) is 43.2 Å². The number of halogens is 1. The molecule has 122 valence electrons. The maximum atomic E-state index is 12.2. The first-order valence-electron chi connectivity index (χ1n) is 7.16. The lowest BCUT2D eigenvalue weighted by atomic mass is 10.0. The highest BCUT2D eigenvalue weighted by molar-refractivity contribution is 5.85. The van der Waals surface area contributed by atoms with Crippen LogP contribution < -0.4 is 11.1 Å². The molecule has 4 N–H and O–H groups in total. The van der Waals surface area contributed by atoms with Gasteiger partial charge in [-0.25, -0.2) is 0 Å². The first-order chi connectivity index (χ1) is 10.1. The molecule has 3 rings (SSSR count). The first-order valence-corrected chi connectivity index (χ1v) is 7.16. The van der Waals surface area contributed by atoms with Crippen molar-refractivity contribution in [3.8, 4) is 0 Å². The molecular weight excluding hydrogens is 308 g/mol. The standard InChI is InChI=1S/C15H20N2O4.ClH/c16-10(6-9-4-2-1-3-5-9)15(19)17-11-7-20-14-12(18)8-21-13(11)14;/h1-5,10-14,18H,6-8,16H2,(H,17,19);1H/t10-,11-,12-,13-,14-;/m1./s1. The number of aliphatic hydroxyl groups is 1. The molecule has 0 saturated carbocycles. The number of rotatable bonds is 4. The summed E-state index contributed by atoms with van der Waals surface area (Å²) >= 11 is 0. The third-order valence-corrected chi connectivity index (χ3v) is 3.99. The Labute approximate surface area is 135 Å². The lowest BCUT2D eigenvalue weighted by Crippen LogP contribution is -2.50. The highest BCUT2D eigenvalue weighted by Crippen LogP contribution is 2.26. The Balaban J connectivity index is 0.00000176. The lowest BCUT2D eigenvalue weighted by molar-refractivity contribution is -0.123. The van der Waals surface area contributed by atoms with E-state index < -0.39 is 12.1 Å². The zero-order valence-electron chi connectivity index (χ0n) is 12.1. The Bertz CT molecular complexity index is 502. The third-order valence-electron chi connectivity index (χ3n) is 3.99. The van der Waals surface area contributed by atoms with Crippen LogP contribution in [-0.4, -0.2) is 54.6 Å². The summed E-state index contributed by atoms with van der Waals surface area (Å²) in [6.45, 7) is 0.591. The number of fused-ring (bicyclic) bond motifs is 1. The molecule has 0 aliphatic carbocycles. The molecule has 1 aromatic rings. The van der Waals surface area contributed by atoms with Crippen molar-refractivity contribution < 1.29 is 19.4 Å². The second-order valence-corrected chi connectivity index (χ2v) is 5.57. The van der Waals surface area contributed by atoms with Gasteiger partial charge in [-0.05, 0) is 12.0 Å². The Morgan fingerprint density at radius 3 is 2.68 bits per heavy atom. The molecule has 22 heavy (non-hydrogen) atoms. The molecule has 0 unspecified atom stereocenters. The van der Waals surface area contributed by atoms with Gasteiger partial charge in [-0.2, -0.15) is 0 Å². The number of carbonyl (C=O) groups is 1. The van der Waals surface area contributed by atoms with Crippen LogP contribution in [0.25, 0.3) is 0 Å². The van der Waals surface area contributed by atoms with E-state index in [0.717, 1.165) is 5.56 Å². The van der Waals surface area contributed by atoms with Crippen molar-refractivity contribution in [1.29, 1.82) is 0 Å². The molecule has 2 aliphatic heterocycles. The van der Waals surface area contributed by atoms with E-state index in [4.69, 9.17) is 15.2 Å². The fraction of sp³-hybridized carbons (Fsp3) is 0.533. The molecular formula is C15H21ClN2O4. The molecule has 0 bridgehead atoms. The fourth-order valence-corrected chi connectivity index (χ4v) is 2.85. The summed E-state index contributed by atoms with van der Waals surface area (Å²) in [7, 11) is 0.